The highest BCUT2D eigenvalue weighted by Crippen LogP contribution is 2.32. The second-order valence-corrected chi connectivity index (χ2v) is 9.30. The first-order valence-corrected chi connectivity index (χ1v) is 11.5. The zero-order valence-corrected chi connectivity index (χ0v) is 17.9. The molecule has 7 heteroatoms. The largest absolute Gasteiger partial charge is 0.550 e. The number of carbonyl (C=O) groups excluding carboxylic acids is 3. The van der Waals surface area contributed by atoms with E-state index in [2.05, 4.69) is 0 Å². The summed E-state index contributed by atoms with van der Waals surface area (Å²) in [6, 6.07) is 0. The Morgan fingerprint density at radius 1 is 0.931 bits per heavy atom. The van der Waals surface area contributed by atoms with Crippen LogP contribution < -0.4 is 10.0 Å². The van der Waals surface area contributed by atoms with Crippen LogP contribution in [0.4, 0.5) is 0 Å². The molecule has 1 unspecified atom stereocenters. The summed E-state index contributed by atoms with van der Waals surface area (Å²) in [5.74, 6) is -0.0245. The van der Waals surface area contributed by atoms with Crippen molar-refractivity contribution in [2.45, 2.75) is 58.3 Å². The van der Waals surface area contributed by atoms with Crippen molar-refractivity contribution in [3.63, 3.8) is 0 Å². The summed E-state index contributed by atoms with van der Waals surface area (Å²) in [5.41, 5.74) is 0. The third kappa shape index (κ3) is 6.17. The number of rotatable bonds is 6. The average molecular weight is 408 g/mol. The van der Waals surface area contributed by atoms with Gasteiger partial charge in [0, 0.05) is 51.3 Å². The lowest BCUT2D eigenvalue weighted by atomic mass is 9.80. The molecule has 1 aliphatic carbocycles. The van der Waals surface area contributed by atoms with Gasteiger partial charge < -0.3 is 24.6 Å². The Balaban J connectivity index is 1.55. The number of carboxylic acids is 1. The number of aliphatic carboxylic acids is 1. The van der Waals surface area contributed by atoms with Crippen LogP contribution in [0.25, 0.3) is 0 Å². The van der Waals surface area contributed by atoms with Crippen molar-refractivity contribution >= 4 is 17.8 Å². The van der Waals surface area contributed by atoms with E-state index >= 15 is 0 Å². The van der Waals surface area contributed by atoms with E-state index in [1.165, 1.54) is 4.90 Å². The number of amides is 2. The zero-order chi connectivity index (χ0) is 20.8. The van der Waals surface area contributed by atoms with Crippen LogP contribution in [0, 0.1) is 17.8 Å². The number of likely N-dealkylation sites (tertiary alicyclic amines) is 1. The van der Waals surface area contributed by atoms with Crippen molar-refractivity contribution < 1.29 is 24.4 Å². The van der Waals surface area contributed by atoms with Crippen LogP contribution in [0.2, 0.25) is 0 Å². The molecule has 3 aliphatic rings. The van der Waals surface area contributed by atoms with Crippen LogP contribution in [-0.2, 0) is 14.4 Å². The third-order valence-electron chi connectivity index (χ3n) is 7.34. The van der Waals surface area contributed by atoms with E-state index < -0.39 is 5.97 Å². The number of hydrogen-bond acceptors (Lipinski definition) is 4. The van der Waals surface area contributed by atoms with Gasteiger partial charge in [-0.25, -0.2) is 0 Å². The lowest BCUT2D eigenvalue weighted by Gasteiger charge is -2.40. The summed E-state index contributed by atoms with van der Waals surface area (Å²) in [4.78, 5) is 41.2. The molecule has 0 aromatic carbocycles. The van der Waals surface area contributed by atoms with Crippen molar-refractivity contribution in [3.8, 4) is 0 Å². The normalized spacial score (nSPS) is 28.9. The van der Waals surface area contributed by atoms with Crippen LogP contribution in [0.5, 0.6) is 0 Å². The fraction of sp³-hybridized carbons (Fsp3) is 0.864. The van der Waals surface area contributed by atoms with E-state index in [9.17, 15) is 19.5 Å². The highest BCUT2D eigenvalue weighted by Gasteiger charge is 2.35. The smallest absolute Gasteiger partial charge is 0.225 e. The molecule has 7 nitrogen and oxygen atoms in total. The Labute approximate surface area is 174 Å². The highest BCUT2D eigenvalue weighted by molar-refractivity contribution is 5.79. The van der Waals surface area contributed by atoms with Crippen LogP contribution in [0.1, 0.15) is 58.3 Å². The van der Waals surface area contributed by atoms with Gasteiger partial charge in [-0.3, -0.25) is 9.59 Å². The predicted molar refractivity (Wildman–Crippen MR) is 107 cm³/mol. The molecular weight excluding hydrogens is 370 g/mol. The van der Waals surface area contributed by atoms with E-state index in [1.54, 1.807) is 6.92 Å². The Kier molecular flexibility index (Phi) is 7.92. The molecule has 2 aliphatic heterocycles. The van der Waals surface area contributed by atoms with Gasteiger partial charge in [0.25, 0.3) is 0 Å². The first kappa shape index (κ1) is 22.1. The Bertz CT molecular complexity index is 591. The van der Waals surface area contributed by atoms with E-state index in [1.807, 2.05) is 9.80 Å². The monoisotopic (exact) mass is 407 g/mol. The van der Waals surface area contributed by atoms with Crippen LogP contribution in [0.15, 0.2) is 0 Å². The SMILES string of the molecule is CC(=O)N1CCC[NH+](CC[C@H]2CN(C(=O)C3CCCC3)CC[C@H]2CC(=O)[O-])CC1. The Morgan fingerprint density at radius 2 is 1.69 bits per heavy atom. The summed E-state index contributed by atoms with van der Waals surface area (Å²) in [6.07, 6.45) is 7.12. The minimum Gasteiger partial charge on any atom is -0.550 e. The lowest BCUT2D eigenvalue weighted by Crippen LogP contribution is -3.12. The standard InChI is InChI=1S/C22H37N3O4/c1-17(26)24-10-4-9-23(13-14-24)11-7-20-16-25(12-8-19(20)15-21(27)28)22(29)18-5-2-3-6-18/h18-20H,2-16H2,1H3,(H,27,28)/t19-,20-/m0/s1. The van der Waals surface area contributed by atoms with Crippen molar-refractivity contribution in [2.75, 3.05) is 45.8 Å². The van der Waals surface area contributed by atoms with Crippen molar-refractivity contribution in [2.24, 2.45) is 17.8 Å². The Morgan fingerprint density at radius 3 is 2.38 bits per heavy atom. The summed E-state index contributed by atoms with van der Waals surface area (Å²) in [6.45, 7) is 7.62. The maximum Gasteiger partial charge on any atom is 0.225 e. The van der Waals surface area contributed by atoms with E-state index in [0.717, 1.165) is 77.7 Å². The maximum absolute atomic E-state index is 12.9. The van der Waals surface area contributed by atoms with Crippen LogP contribution in [-0.4, -0.2) is 73.4 Å². The van der Waals surface area contributed by atoms with Gasteiger partial charge in [0.05, 0.1) is 26.2 Å². The molecule has 3 atom stereocenters. The number of nitrogens with zero attached hydrogens (tertiary/aromatic N) is 2. The molecule has 3 rings (SSSR count). The quantitative estimate of drug-likeness (QED) is 0.632. The number of nitrogens with one attached hydrogen (secondary N) is 1. The van der Waals surface area contributed by atoms with E-state index in [4.69, 9.17) is 0 Å². The molecule has 29 heavy (non-hydrogen) atoms. The number of hydrogen-bond donors (Lipinski definition) is 1. The molecule has 1 saturated carbocycles. The van der Waals surface area contributed by atoms with Crippen molar-refractivity contribution in [3.05, 3.63) is 0 Å². The summed E-state index contributed by atoms with van der Waals surface area (Å²) in [5, 5.41) is 11.3. The summed E-state index contributed by atoms with van der Waals surface area (Å²) in [7, 11) is 0. The molecule has 2 amide bonds. The van der Waals surface area contributed by atoms with E-state index in [0.29, 0.717) is 19.0 Å². The van der Waals surface area contributed by atoms with Gasteiger partial charge in [-0.15, -0.1) is 0 Å². The number of quaternary nitrogens is 1. The van der Waals surface area contributed by atoms with Gasteiger partial charge >= 0.3 is 0 Å². The molecule has 2 heterocycles. The number of piperidine rings is 1. The third-order valence-corrected chi connectivity index (χ3v) is 7.34. The minimum atomic E-state index is -0.977. The Hall–Kier alpha value is -1.63. The van der Waals surface area contributed by atoms with Gasteiger partial charge in [-0.2, -0.15) is 0 Å². The van der Waals surface area contributed by atoms with Crippen molar-refractivity contribution in [1.29, 1.82) is 0 Å². The first-order chi connectivity index (χ1) is 13.9. The second-order valence-electron chi connectivity index (χ2n) is 9.30. The summed E-state index contributed by atoms with van der Waals surface area (Å²) < 4.78 is 0. The average Bonchev–Trinajstić information content (AvgIpc) is 3.11. The van der Waals surface area contributed by atoms with Gasteiger partial charge in [0.2, 0.25) is 11.8 Å². The van der Waals surface area contributed by atoms with Gasteiger partial charge in [-0.1, -0.05) is 12.8 Å². The zero-order valence-electron chi connectivity index (χ0n) is 17.9. The fourth-order valence-electron chi connectivity index (χ4n) is 5.53. The molecule has 164 valence electrons. The van der Waals surface area contributed by atoms with Crippen molar-refractivity contribution in [1.82, 2.24) is 9.80 Å². The number of carbonyl (C=O) groups is 3. The first-order valence-electron chi connectivity index (χ1n) is 11.5. The second kappa shape index (κ2) is 10.4. The molecular formula is C22H37N3O4. The fourth-order valence-corrected chi connectivity index (χ4v) is 5.53. The number of carboxylic acid groups (broad SMARTS) is 1. The molecule has 0 aromatic heterocycles. The molecule has 0 aromatic rings. The van der Waals surface area contributed by atoms with Gasteiger partial charge in [-0.05, 0) is 37.5 Å². The van der Waals surface area contributed by atoms with Gasteiger partial charge in [0.15, 0.2) is 0 Å². The van der Waals surface area contributed by atoms with Crippen LogP contribution in [0.3, 0.4) is 0 Å². The molecule has 0 radical (unpaired) electrons. The molecule has 0 bridgehead atoms. The molecule has 0 spiro atoms. The summed E-state index contributed by atoms with van der Waals surface area (Å²) >= 11 is 0. The molecule has 2 saturated heterocycles. The topological polar surface area (TPSA) is 85.2 Å². The molecule has 3 fully saturated rings. The maximum atomic E-state index is 12.9. The predicted octanol–water partition coefficient (Wildman–Crippen LogP) is -0.691. The van der Waals surface area contributed by atoms with E-state index in [-0.39, 0.29) is 30.1 Å². The minimum absolute atomic E-state index is 0.101. The van der Waals surface area contributed by atoms with Crippen LogP contribution >= 0.6 is 0 Å². The lowest BCUT2D eigenvalue weighted by molar-refractivity contribution is -0.898. The van der Waals surface area contributed by atoms with Gasteiger partial charge in [0.1, 0.15) is 0 Å². The highest BCUT2D eigenvalue weighted by atomic mass is 16.4. The molecule has 1 N–H and O–H groups in total.